The zero-order chi connectivity index (χ0) is 16.0. The molecule has 1 unspecified atom stereocenters. The Balaban J connectivity index is 3.00. The predicted molar refractivity (Wildman–Crippen MR) is 91.8 cm³/mol. The molecule has 1 N–H and O–H groups in total. The second-order valence-corrected chi connectivity index (χ2v) is 6.70. The molecule has 0 aliphatic heterocycles. The van der Waals surface area contributed by atoms with Crippen LogP contribution in [0.25, 0.3) is 0 Å². The molecule has 0 radical (unpaired) electrons. The Kier molecular flexibility index (Phi) is 7.37. The lowest BCUT2D eigenvalue weighted by atomic mass is 9.93. The summed E-state index contributed by atoms with van der Waals surface area (Å²) in [6.07, 6.45) is 2.02. The van der Waals surface area contributed by atoms with Crippen molar-refractivity contribution in [3.8, 4) is 0 Å². The fraction of sp³-hybridized carbons (Fsp3) is 0.812. The number of nitrogens with zero attached hydrogens (tertiary/aromatic N) is 2. The standard InChI is InChI=1S/C16H30BrN3O/c1-7-10-18-14(16(5,6)21-9-3)11-13-15(17)12(4)19-20(13)8-2/h14,18H,7-11H2,1-6H3. The van der Waals surface area contributed by atoms with Gasteiger partial charge in [-0.1, -0.05) is 6.92 Å². The molecule has 0 bridgehead atoms. The van der Waals surface area contributed by atoms with Gasteiger partial charge in [0, 0.05) is 25.6 Å². The Labute approximate surface area is 137 Å². The number of rotatable bonds is 9. The molecule has 21 heavy (non-hydrogen) atoms. The smallest absolute Gasteiger partial charge is 0.0782 e. The van der Waals surface area contributed by atoms with Crippen LogP contribution in [0.3, 0.4) is 0 Å². The minimum atomic E-state index is -0.208. The summed E-state index contributed by atoms with van der Waals surface area (Å²) in [6.45, 7) is 15.4. The molecule has 0 saturated heterocycles. The van der Waals surface area contributed by atoms with E-state index in [4.69, 9.17) is 4.74 Å². The monoisotopic (exact) mass is 359 g/mol. The molecular weight excluding hydrogens is 330 g/mol. The first-order chi connectivity index (χ1) is 9.87. The molecule has 1 aromatic heterocycles. The van der Waals surface area contributed by atoms with Gasteiger partial charge in [-0.05, 0) is 63.5 Å². The maximum atomic E-state index is 5.97. The van der Waals surface area contributed by atoms with Crippen LogP contribution in [0.2, 0.25) is 0 Å². The highest BCUT2D eigenvalue weighted by molar-refractivity contribution is 9.10. The molecule has 0 fully saturated rings. The second-order valence-electron chi connectivity index (χ2n) is 5.91. The van der Waals surface area contributed by atoms with E-state index in [1.807, 2.05) is 6.92 Å². The summed E-state index contributed by atoms with van der Waals surface area (Å²) in [7, 11) is 0. The third-order valence-corrected chi connectivity index (χ3v) is 4.88. The van der Waals surface area contributed by atoms with E-state index in [0.717, 1.165) is 42.7 Å². The molecule has 0 aliphatic rings. The van der Waals surface area contributed by atoms with E-state index in [-0.39, 0.29) is 11.6 Å². The van der Waals surface area contributed by atoms with Gasteiger partial charge >= 0.3 is 0 Å². The van der Waals surface area contributed by atoms with Crippen LogP contribution in [-0.2, 0) is 17.7 Å². The van der Waals surface area contributed by atoms with Crippen molar-refractivity contribution in [2.45, 2.75) is 72.6 Å². The Morgan fingerprint density at radius 1 is 1.33 bits per heavy atom. The van der Waals surface area contributed by atoms with E-state index in [2.05, 4.69) is 65.6 Å². The van der Waals surface area contributed by atoms with E-state index in [1.54, 1.807) is 0 Å². The Bertz CT molecular complexity index is 443. The van der Waals surface area contributed by atoms with Crippen LogP contribution in [0.15, 0.2) is 4.47 Å². The van der Waals surface area contributed by atoms with Gasteiger partial charge in [-0.2, -0.15) is 5.10 Å². The summed E-state index contributed by atoms with van der Waals surface area (Å²) in [6, 6.07) is 0.259. The number of nitrogens with one attached hydrogen (secondary N) is 1. The third kappa shape index (κ3) is 4.80. The van der Waals surface area contributed by atoms with Crippen LogP contribution < -0.4 is 5.32 Å². The van der Waals surface area contributed by atoms with Gasteiger partial charge in [0.25, 0.3) is 0 Å². The Morgan fingerprint density at radius 3 is 2.52 bits per heavy atom. The fourth-order valence-corrected chi connectivity index (χ4v) is 3.06. The molecule has 4 nitrogen and oxygen atoms in total. The Hall–Kier alpha value is -0.390. The average molecular weight is 360 g/mol. The van der Waals surface area contributed by atoms with Crippen molar-refractivity contribution in [1.29, 1.82) is 0 Å². The Morgan fingerprint density at radius 2 is 2.00 bits per heavy atom. The zero-order valence-corrected chi connectivity index (χ0v) is 15.9. The highest BCUT2D eigenvalue weighted by Crippen LogP contribution is 2.26. The summed E-state index contributed by atoms with van der Waals surface area (Å²) in [4.78, 5) is 0. The second kappa shape index (κ2) is 8.30. The van der Waals surface area contributed by atoms with Gasteiger partial charge < -0.3 is 10.1 Å². The highest BCUT2D eigenvalue weighted by Gasteiger charge is 2.31. The van der Waals surface area contributed by atoms with Crippen molar-refractivity contribution in [1.82, 2.24) is 15.1 Å². The first-order valence-electron chi connectivity index (χ1n) is 7.96. The summed E-state index contributed by atoms with van der Waals surface area (Å²) in [5.41, 5.74) is 2.09. The minimum Gasteiger partial charge on any atom is -0.374 e. The number of aromatic nitrogens is 2. The van der Waals surface area contributed by atoms with Crippen LogP contribution in [0.1, 0.15) is 52.4 Å². The van der Waals surface area contributed by atoms with Crippen molar-refractivity contribution >= 4 is 15.9 Å². The first kappa shape index (κ1) is 18.7. The lowest BCUT2D eigenvalue weighted by molar-refractivity contribution is -0.0384. The van der Waals surface area contributed by atoms with Crippen LogP contribution in [0.4, 0.5) is 0 Å². The number of halogens is 1. The van der Waals surface area contributed by atoms with Gasteiger partial charge in [-0.15, -0.1) is 0 Å². The van der Waals surface area contributed by atoms with E-state index < -0.39 is 0 Å². The molecule has 1 aromatic rings. The predicted octanol–water partition coefficient (Wildman–Crippen LogP) is 3.70. The lowest BCUT2D eigenvalue weighted by Crippen LogP contribution is -2.50. The topological polar surface area (TPSA) is 39.1 Å². The molecule has 0 amide bonds. The molecule has 1 atom stereocenters. The van der Waals surface area contributed by atoms with Crippen LogP contribution >= 0.6 is 15.9 Å². The summed E-state index contributed by atoms with van der Waals surface area (Å²) in [5, 5.41) is 8.24. The average Bonchev–Trinajstić information content (AvgIpc) is 2.70. The lowest BCUT2D eigenvalue weighted by Gasteiger charge is -2.35. The summed E-state index contributed by atoms with van der Waals surface area (Å²) in [5.74, 6) is 0. The largest absolute Gasteiger partial charge is 0.374 e. The van der Waals surface area contributed by atoms with Crippen molar-refractivity contribution in [2.24, 2.45) is 0 Å². The molecule has 0 aliphatic carbocycles. The number of hydrogen-bond acceptors (Lipinski definition) is 3. The molecule has 1 heterocycles. The van der Waals surface area contributed by atoms with E-state index >= 15 is 0 Å². The van der Waals surface area contributed by atoms with Crippen LogP contribution in [-0.4, -0.2) is 34.6 Å². The minimum absolute atomic E-state index is 0.208. The molecule has 0 aromatic carbocycles. The molecule has 0 saturated carbocycles. The molecule has 0 spiro atoms. The van der Waals surface area contributed by atoms with E-state index in [9.17, 15) is 0 Å². The van der Waals surface area contributed by atoms with Crippen LogP contribution in [0, 0.1) is 6.92 Å². The van der Waals surface area contributed by atoms with Gasteiger partial charge in [0.1, 0.15) is 0 Å². The molecule has 5 heteroatoms. The summed E-state index contributed by atoms with van der Waals surface area (Å²) >= 11 is 3.69. The van der Waals surface area contributed by atoms with Gasteiger partial charge in [-0.3, -0.25) is 4.68 Å². The van der Waals surface area contributed by atoms with Gasteiger partial charge in [-0.25, -0.2) is 0 Å². The summed E-state index contributed by atoms with van der Waals surface area (Å²) < 4.78 is 9.18. The number of aryl methyl sites for hydroxylation is 2. The molecule has 1 rings (SSSR count). The van der Waals surface area contributed by atoms with Crippen molar-refractivity contribution < 1.29 is 4.74 Å². The number of hydrogen-bond donors (Lipinski definition) is 1. The fourth-order valence-electron chi connectivity index (χ4n) is 2.61. The molecular formula is C16H30BrN3O. The van der Waals surface area contributed by atoms with Gasteiger partial charge in [0.05, 0.1) is 21.5 Å². The van der Waals surface area contributed by atoms with Crippen molar-refractivity contribution in [3.05, 3.63) is 15.9 Å². The maximum absolute atomic E-state index is 5.97. The van der Waals surface area contributed by atoms with Crippen molar-refractivity contribution in [3.63, 3.8) is 0 Å². The van der Waals surface area contributed by atoms with E-state index in [1.165, 1.54) is 5.69 Å². The van der Waals surface area contributed by atoms with Crippen molar-refractivity contribution in [2.75, 3.05) is 13.2 Å². The van der Waals surface area contributed by atoms with E-state index in [0.29, 0.717) is 0 Å². The maximum Gasteiger partial charge on any atom is 0.0782 e. The van der Waals surface area contributed by atoms with Gasteiger partial charge in [0.2, 0.25) is 0 Å². The quantitative estimate of drug-likeness (QED) is 0.730. The van der Waals surface area contributed by atoms with Gasteiger partial charge in [0.15, 0.2) is 0 Å². The van der Waals surface area contributed by atoms with Crippen LogP contribution in [0.5, 0.6) is 0 Å². The SMILES string of the molecule is CCCNC(Cc1c(Br)c(C)nn1CC)C(C)(C)OCC. The number of ether oxygens (including phenoxy) is 1. The zero-order valence-electron chi connectivity index (χ0n) is 14.3. The highest BCUT2D eigenvalue weighted by atomic mass is 79.9. The third-order valence-electron chi connectivity index (χ3n) is 3.85. The normalized spacial score (nSPS) is 13.7. The first-order valence-corrected chi connectivity index (χ1v) is 8.75. The molecule has 122 valence electrons.